The van der Waals surface area contributed by atoms with Crippen molar-refractivity contribution in [2.24, 2.45) is 0 Å². The number of sulfonamides is 1. The lowest BCUT2D eigenvalue weighted by atomic mass is 10.1. The second kappa shape index (κ2) is 10.5. The third-order valence-electron chi connectivity index (χ3n) is 6.61. The van der Waals surface area contributed by atoms with E-state index in [1.807, 2.05) is 46.8 Å². The number of aryl methyl sites for hydroxylation is 1. The number of methoxy groups -OCH3 is 1. The number of furan rings is 1. The van der Waals surface area contributed by atoms with Crippen LogP contribution in [0.5, 0.6) is 5.75 Å². The zero-order valence-electron chi connectivity index (χ0n) is 23.1. The van der Waals surface area contributed by atoms with Crippen LogP contribution in [0, 0.1) is 6.92 Å². The zero-order chi connectivity index (χ0) is 27.8. The Morgan fingerprint density at radius 1 is 1.11 bits per heavy atom. The van der Waals surface area contributed by atoms with Crippen molar-refractivity contribution in [3.63, 3.8) is 0 Å². The molecular formula is C28H37N3O6S. The van der Waals surface area contributed by atoms with E-state index in [1.165, 1.54) is 7.11 Å². The van der Waals surface area contributed by atoms with Crippen LogP contribution >= 0.6 is 0 Å². The number of nitrogens with one attached hydrogen (secondary N) is 1. The number of hydrogen-bond donors (Lipinski definition) is 1. The summed E-state index contributed by atoms with van der Waals surface area (Å²) in [7, 11) is -2.46. The summed E-state index contributed by atoms with van der Waals surface area (Å²) in [6.45, 7) is 13.2. The van der Waals surface area contributed by atoms with Crippen molar-refractivity contribution < 1.29 is 27.1 Å². The van der Waals surface area contributed by atoms with Gasteiger partial charge in [-0.05, 0) is 77.4 Å². The van der Waals surface area contributed by atoms with E-state index < -0.39 is 15.6 Å². The highest BCUT2D eigenvalue weighted by Crippen LogP contribution is 2.31. The van der Waals surface area contributed by atoms with E-state index in [4.69, 9.17) is 13.9 Å². The zero-order valence-corrected chi connectivity index (χ0v) is 23.9. The molecule has 1 amide bonds. The van der Waals surface area contributed by atoms with Crippen LogP contribution in [0.2, 0.25) is 0 Å². The maximum atomic E-state index is 13.3. The van der Waals surface area contributed by atoms with E-state index in [1.54, 1.807) is 35.4 Å². The molecule has 1 N–H and O–H groups in total. The monoisotopic (exact) mass is 543 g/mol. The number of ether oxygens (including phenoxy) is 2. The Balaban J connectivity index is 1.58. The largest absolute Gasteiger partial charge is 0.495 e. The van der Waals surface area contributed by atoms with Crippen LogP contribution < -0.4 is 9.46 Å². The number of amides is 1. The van der Waals surface area contributed by atoms with Crippen LogP contribution in [-0.2, 0) is 21.3 Å². The highest BCUT2D eigenvalue weighted by Gasteiger charge is 2.34. The molecule has 38 heavy (non-hydrogen) atoms. The molecule has 1 aliphatic heterocycles. The second-order valence-electron chi connectivity index (χ2n) is 11.0. The van der Waals surface area contributed by atoms with Gasteiger partial charge in [0.2, 0.25) is 0 Å². The van der Waals surface area contributed by atoms with Crippen molar-refractivity contribution in [2.45, 2.75) is 70.7 Å². The van der Waals surface area contributed by atoms with Crippen LogP contribution in [0.4, 0.5) is 10.5 Å². The number of benzene rings is 2. The fourth-order valence-electron chi connectivity index (χ4n) is 4.75. The van der Waals surface area contributed by atoms with E-state index in [0.717, 1.165) is 16.5 Å². The van der Waals surface area contributed by atoms with Gasteiger partial charge in [-0.1, -0.05) is 6.07 Å². The summed E-state index contributed by atoms with van der Waals surface area (Å²) in [6, 6.07) is 10.4. The Hall–Kier alpha value is -3.24. The molecule has 4 rings (SSSR count). The van der Waals surface area contributed by atoms with E-state index >= 15 is 0 Å². The first-order valence-corrected chi connectivity index (χ1v) is 14.2. The topological polar surface area (TPSA) is 101 Å². The molecular weight excluding hydrogens is 506 g/mol. The quantitative estimate of drug-likeness (QED) is 0.445. The van der Waals surface area contributed by atoms with Crippen molar-refractivity contribution in [3.05, 3.63) is 53.8 Å². The maximum absolute atomic E-state index is 13.3. The summed E-state index contributed by atoms with van der Waals surface area (Å²) < 4.78 is 46.1. The number of fused-ring (bicyclic) bond motifs is 1. The molecule has 1 aromatic heterocycles. The van der Waals surface area contributed by atoms with Crippen LogP contribution in [0.25, 0.3) is 11.0 Å². The predicted octanol–water partition coefficient (Wildman–Crippen LogP) is 5.38. The number of carbonyl (C=O) groups is 1. The number of carbonyl (C=O) groups excluding carboxylic acids is 1. The molecule has 3 aromatic rings. The van der Waals surface area contributed by atoms with Gasteiger partial charge in [-0.25, -0.2) is 13.2 Å². The second-order valence-corrected chi connectivity index (χ2v) is 12.6. The first-order valence-electron chi connectivity index (χ1n) is 12.7. The Morgan fingerprint density at radius 2 is 1.84 bits per heavy atom. The normalized spacial score (nSPS) is 19.0. The molecule has 0 saturated carbocycles. The van der Waals surface area contributed by atoms with Crippen LogP contribution in [0.15, 0.2) is 52.0 Å². The Labute approximate surface area is 224 Å². The number of hydrogen-bond acceptors (Lipinski definition) is 7. The molecule has 1 saturated heterocycles. The minimum Gasteiger partial charge on any atom is -0.495 e. The molecule has 10 heteroatoms. The van der Waals surface area contributed by atoms with Gasteiger partial charge < -0.3 is 18.8 Å². The minimum absolute atomic E-state index is 0.0522. The summed E-state index contributed by atoms with van der Waals surface area (Å²) in [5.41, 5.74) is 2.25. The van der Waals surface area contributed by atoms with Crippen molar-refractivity contribution in [1.29, 1.82) is 0 Å². The molecule has 0 bridgehead atoms. The van der Waals surface area contributed by atoms with Crippen LogP contribution in [0.3, 0.4) is 0 Å². The Morgan fingerprint density at radius 3 is 2.53 bits per heavy atom. The lowest BCUT2D eigenvalue weighted by Crippen LogP contribution is -2.58. The third kappa shape index (κ3) is 6.07. The van der Waals surface area contributed by atoms with Crippen molar-refractivity contribution in [3.8, 4) is 5.75 Å². The fourth-order valence-corrected chi connectivity index (χ4v) is 6.04. The highest BCUT2D eigenvalue weighted by atomic mass is 32.2. The van der Waals surface area contributed by atoms with Gasteiger partial charge in [0.25, 0.3) is 10.0 Å². The lowest BCUT2D eigenvalue weighted by molar-refractivity contribution is -0.0116. The van der Waals surface area contributed by atoms with E-state index in [0.29, 0.717) is 30.9 Å². The average molecular weight is 544 g/mol. The van der Waals surface area contributed by atoms with Crippen molar-refractivity contribution in [1.82, 2.24) is 9.80 Å². The van der Waals surface area contributed by atoms with Gasteiger partial charge >= 0.3 is 6.09 Å². The third-order valence-corrected chi connectivity index (χ3v) is 8.01. The molecule has 2 atom stereocenters. The van der Waals surface area contributed by atoms with Gasteiger partial charge in [-0.3, -0.25) is 9.62 Å². The molecule has 9 nitrogen and oxygen atoms in total. The Bertz CT molecular complexity index is 1430. The maximum Gasteiger partial charge on any atom is 0.410 e. The summed E-state index contributed by atoms with van der Waals surface area (Å²) in [6.07, 6.45) is 1.29. The first kappa shape index (κ1) is 27.8. The predicted molar refractivity (Wildman–Crippen MR) is 147 cm³/mol. The standard InChI is InChI=1S/C28H37N3O6S/c1-18-8-9-24(35-7)25(12-18)38(33,34)29-23-13-21-10-11-36-26(21)22(14-23)17-30-15-20(3)31(16-19(30)2)27(32)37-28(4,5)6/h8-14,19-20,29H,15-17H2,1-7H3/t19-,20+/m1/s1. The average Bonchev–Trinajstić information content (AvgIpc) is 3.28. The van der Waals surface area contributed by atoms with Crippen molar-refractivity contribution in [2.75, 3.05) is 24.9 Å². The fraction of sp³-hybridized carbons (Fsp3) is 0.464. The number of piperazine rings is 1. The molecule has 2 aromatic carbocycles. The van der Waals surface area contributed by atoms with Gasteiger partial charge in [0.05, 0.1) is 19.1 Å². The van der Waals surface area contributed by atoms with E-state index in [2.05, 4.69) is 16.5 Å². The summed E-state index contributed by atoms with van der Waals surface area (Å²) >= 11 is 0. The van der Waals surface area contributed by atoms with Crippen LogP contribution in [0.1, 0.15) is 45.7 Å². The molecule has 1 fully saturated rings. The summed E-state index contributed by atoms with van der Waals surface area (Å²) in [5, 5.41) is 0.796. The lowest BCUT2D eigenvalue weighted by Gasteiger charge is -2.44. The van der Waals surface area contributed by atoms with Gasteiger partial charge in [0.1, 0.15) is 21.8 Å². The van der Waals surface area contributed by atoms with Gasteiger partial charge in [0.15, 0.2) is 0 Å². The minimum atomic E-state index is -3.91. The smallest absolute Gasteiger partial charge is 0.410 e. The van der Waals surface area contributed by atoms with Crippen LogP contribution in [-0.4, -0.2) is 62.2 Å². The van der Waals surface area contributed by atoms with E-state index in [9.17, 15) is 13.2 Å². The molecule has 206 valence electrons. The summed E-state index contributed by atoms with van der Waals surface area (Å²) in [4.78, 5) is 16.9. The van der Waals surface area contributed by atoms with Gasteiger partial charge in [-0.15, -0.1) is 0 Å². The first-order chi connectivity index (χ1) is 17.8. The highest BCUT2D eigenvalue weighted by molar-refractivity contribution is 7.92. The van der Waals surface area contributed by atoms with E-state index in [-0.39, 0.29) is 28.8 Å². The SMILES string of the molecule is COc1ccc(C)cc1S(=O)(=O)Nc1cc(CN2C[C@H](C)N(C(=O)OC(C)(C)C)C[C@H]2C)c2occc2c1. The van der Waals surface area contributed by atoms with Crippen molar-refractivity contribution >= 4 is 32.8 Å². The number of nitrogens with zero attached hydrogens (tertiary/aromatic N) is 2. The number of anilines is 1. The molecule has 0 spiro atoms. The van der Waals surface area contributed by atoms with Gasteiger partial charge in [-0.2, -0.15) is 0 Å². The summed E-state index contributed by atoms with van der Waals surface area (Å²) in [5.74, 6) is 0.276. The Kier molecular flexibility index (Phi) is 7.67. The molecule has 0 radical (unpaired) electrons. The molecule has 1 aliphatic rings. The van der Waals surface area contributed by atoms with Gasteiger partial charge in [0, 0.05) is 42.7 Å². The number of rotatable bonds is 6. The molecule has 2 heterocycles. The molecule has 0 aliphatic carbocycles. The molecule has 0 unspecified atom stereocenters.